The van der Waals surface area contributed by atoms with Crippen molar-refractivity contribution in [2.75, 3.05) is 0 Å². The van der Waals surface area contributed by atoms with Gasteiger partial charge >= 0.3 is 0 Å². The van der Waals surface area contributed by atoms with Crippen molar-refractivity contribution in [2.45, 2.75) is 271 Å². The van der Waals surface area contributed by atoms with Crippen molar-refractivity contribution in [3.05, 3.63) is 18.2 Å². The molecule has 0 saturated carbocycles. The van der Waals surface area contributed by atoms with Gasteiger partial charge in [-0.3, -0.25) is 0 Å². The molecule has 0 amide bonds. The molecule has 278 valence electrons. The molecule has 1 rings (SSSR count). The smallest absolute Gasteiger partial charge is 0.234 e. The molecule has 0 aliphatic heterocycles. The summed E-state index contributed by atoms with van der Waals surface area (Å²) in [5.41, 5.74) is 0. The van der Waals surface area contributed by atoms with Gasteiger partial charge in [-0.1, -0.05) is 220 Å². The van der Waals surface area contributed by atoms with Gasteiger partial charge in [-0.25, -0.2) is 9.13 Å². The van der Waals surface area contributed by atoms with E-state index in [-0.39, 0.29) is 0 Å². The standard InChI is InChI=1S/C45H89N2/c1-4-7-10-13-15-17-19-21-23-24-26-28-30-32-34-37-40-45-46(41-38-35-12-9-6-3)43-44-47(45)42-39-36-33-31-29-27-25-22-20-18-16-14-11-8-5-2/h43-44H,4-42H2,1-3H3/q+1. The average Bonchev–Trinajstić information content (AvgIpc) is 3.47. The van der Waals surface area contributed by atoms with Gasteiger partial charge in [-0.2, -0.15) is 0 Å². The van der Waals surface area contributed by atoms with Crippen LogP contribution in [-0.2, 0) is 19.5 Å². The number of imidazole rings is 1. The summed E-state index contributed by atoms with van der Waals surface area (Å²) in [7, 11) is 0. The molecule has 1 aromatic rings. The lowest BCUT2D eigenvalue weighted by molar-refractivity contribution is -0.704. The molecule has 2 nitrogen and oxygen atoms in total. The Labute approximate surface area is 298 Å². The molecule has 0 aromatic carbocycles. The van der Waals surface area contributed by atoms with Crippen LogP contribution < -0.4 is 4.57 Å². The van der Waals surface area contributed by atoms with E-state index in [2.05, 4.69) is 42.3 Å². The summed E-state index contributed by atoms with van der Waals surface area (Å²) in [6.07, 6.45) is 57.9. The lowest BCUT2D eigenvalue weighted by atomic mass is 10.0. The second kappa shape index (κ2) is 36.5. The number of aromatic nitrogens is 2. The van der Waals surface area contributed by atoms with E-state index < -0.39 is 0 Å². The molecule has 0 aliphatic carbocycles. The van der Waals surface area contributed by atoms with Gasteiger partial charge in [0, 0.05) is 6.42 Å². The third-order valence-electron chi connectivity index (χ3n) is 10.8. The molecular formula is C45H89N2+. The summed E-state index contributed by atoms with van der Waals surface area (Å²) in [6, 6.07) is 0. The molecule has 0 N–H and O–H groups in total. The maximum Gasteiger partial charge on any atom is 0.256 e. The van der Waals surface area contributed by atoms with E-state index in [0.29, 0.717) is 0 Å². The zero-order valence-electron chi connectivity index (χ0n) is 33.1. The predicted octanol–water partition coefficient (Wildman–Crippen LogP) is 15.4. The Morgan fingerprint density at radius 2 is 0.660 bits per heavy atom. The van der Waals surface area contributed by atoms with E-state index in [9.17, 15) is 0 Å². The number of rotatable bonds is 39. The van der Waals surface area contributed by atoms with E-state index in [4.69, 9.17) is 0 Å². The first kappa shape index (κ1) is 44.2. The fourth-order valence-electron chi connectivity index (χ4n) is 7.56. The molecule has 2 heteroatoms. The van der Waals surface area contributed by atoms with Crippen molar-refractivity contribution in [3.63, 3.8) is 0 Å². The predicted molar refractivity (Wildman–Crippen MR) is 212 cm³/mol. The number of hydrogen-bond acceptors (Lipinski definition) is 0. The van der Waals surface area contributed by atoms with Gasteiger partial charge in [-0.15, -0.1) is 0 Å². The van der Waals surface area contributed by atoms with Crippen LogP contribution in [-0.4, -0.2) is 4.57 Å². The number of aryl methyl sites for hydroxylation is 2. The van der Waals surface area contributed by atoms with E-state index in [1.165, 1.54) is 251 Å². The van der Waals surface area contributed by atoms with Gasteiger partial charge in [-0.05, 0) is 32.1 Å². The van der Waals surface area contributed by atoms with Crippen molar-refractivity contribution in [1.29, 1.82) is 0 Å². The van der Waals surface area contributed by atoms with Crippen molar-refractivity contribution < 1.29 is 4.57 Å². The highest BCUT2D eigenvalue weighted by Crippen LogP contribution is 2.16. The highest BCUT2D eigenvalue weighted by molar-refractivity contribution is 4.84. The monoisotopic (exact) mass is 658 g/mol. The first-order chi connectivity index (χ1) is 23.3. The van der Waals surface area contributed by atoms with Crippen molar-refractivity contribution in [1.82, 2.24) is 4.57 Å². The summed E-state index contributed by atoms with van der Waals surface area (Å²) in [4.78, 5) is 0. The Morgan fingerprint density at radius 3 is 1.02 bits per heavy atom. The van der Waals surface area contributed by atoms with Crippen molar-refractivity contribution in [2.24, 2.45) is 0 Å². The van der Waals surface area contributed by atoms with E-state index >= 15 is 0 Å². The van der Waals surface area contributed by atoms with Crippen LogP contribution in [0, 0.1) is 0 Å². The minimum atomic E-state index is 1.23. The van der Waals surface area contributed by atoms with E-state index in [1.54, 1.807) is 5.82 Å². The number of unbranched alkanes of at least 4 members (excludes halogenated alkanes) is 33. The molecule has 1 aromatic heterocycles. The summed E-state index contributed by atoms with van der Waals surface area (Å²) in [6.45, 7) is 9.40. The van der Waals surface area contributed by atoms with Crippen LogP contribution >= 0.6 is 0 Å². The van der Waals surface area contributed by atoms with Crippen LogP contribution in [0.3, 0.4) is 0 Å². The Kier molecular flexibility index (Phi) is 34.3. The van der Waals surface area contributed by atoms with Crippen LogP contribution in [0.1, 0.15) is 258 Å². The minimum absolute atomic E-state index is 1.23. The molecule has 47 heavy (non-hydrogen) atoms. The first-order valence-corrected chi connectivity index (χ1v) is 22.4. The lowest BCUT2D eigenvalue weighted by Crippen LogP contribution is -2.37. The lowest BCUT2D eigenvalue weighted by Gasteiger charge is -2.07. The number of hydrogen-bond donors (Lipinski definition) is 0. The minimum Gasteiger partial charge on any atom is -0.234 e. The second-order valence-corrected chi connectivity index (χ2v) is 15.5. The van der Waals surface area contributed by atoms with Gasteiger partial charge in [0.1, 0.15) is 12.4 Å². The van der Waals surface area contributed by atoms with Crippen molar-refractivity contribution >= 4 is 0 Å². The SMILES string of the molecule is CCCCCCCCCCCCCCCCCCc1n(CCCCCCC)cc[n+]1CCCCCCCCCCCCCCCCC. The summed E-state index contributed by atoms with van der Waals surface area (Å²) in [5.74, 6) is 1.62. The van der Waals surface area contributed by atoms with Crippen LogP contribution in [0.5, 0.6) is 0 Å². The maximum absolute atomic E-state index is 2.64. The maximum atomic E-state index is 2.64. The van der Waals surface area contributed by atoms with Gasteiger partial charge < -0.3 is 0 Å². The van der Waals surface area contributed by atoms with Crippen LogP contribution in [0.2, 0.25) is 0 Å². The zero-order valence-corrected chi connectivity index (χ0v) is 33.1. The van der Waals surface area contributed by atoms with Crippen LogP contribution in [0.15, 0.2) is 12.4 Å². The molecule has 0 bridgehead atoms. The molecule has 0 spiro atoms. The number of nitrogens with zero attached hydrogens (tertiary/aromatic N) is 2. The molecule has 1 heterocycles. The Morgan fingerprint density at radius 1 is 0.362 bits per heavy atom. The Hall–Kier alpha value is -0.790. The normalized spacial score (nSPS) is 11.6. The van der Waals surface area contributed by atoms with Crippen LogP contribution in [0.4, 0.5) is 0 Å². The van der Waals surface area contributed by atoms with Gasteiger partial charge in [0.25, 0.3) is 5.82 Å². The molecule has 0 aliphatic rings. The van der Waals surface area contributed by atoms with Gasteiger partial charge in [0.15, 0.2) is 0 Å². The highest BCUT2D eigenvalue weighted by atomic mass is 15.1. The summed E-state index contributed by atoms with van der Waals surface area (Å²) >= 11 is 0. The van der Waals surface area contributed by atoms with E-state index in [1.807, 2.05) is 0 Å². The zero-order chi connectivity index (χ0) is 33.7. The molecule has 0 unspecified atom stereocenters. The molecule has 0 fully saturated rings. The Bertz CT molecular complexity index is 722. The van der Waals surface area contributed by atoms with Gasteiger partial charge in [0.2, 0.25) is 0 Å². The summed E-state index contributed by atoms with van der Waals surface area (Å²) < 4.78 is 5.27. The largest absolute Gasteiger partial charge is 0.256 e. The molecule has 0 atom stereocenters. The highest BCUT2D eigenvalue weighted by Gasteiger charge is 2.16. The van der Waals surface area contributed by atoms with Crippen LogP contribution in [0.25, 0.3) is 0 Å². The molecule has 0 radical (unpaired) electrons. The second-order valence-electron chi connectivity index (χ2n) is 15.5. The van der Waals surface area contributed by atoms with Crippen molar-refractivity contribution in [3.8, 4) is 0 Å². The topological polar surface area (TPSA) is 8.81 Å². The fourth-order valence-corrected chi connectivity index (χ4v) is 7.56. The first-order valence-electron chi connectivity index (χ1n) is 22.4. The molecular weight excluding hydrogens is 569 g/mol. The molecule has 0 saturated heterocycles. The van der Waals surface area contributed by atoms with Gasteiger partial charge in [0.05, 0.1) is 13.1 Å². The Balaban J connectivity index is 2.16. The average molecular weight is 658 g/mol. The third kappa shape index (κ3) is 28.7. The third-order valence-corrected chi connectivity index (χ3v) is 10.8. The fraction of sp³-hybridized carbons (Fsp3) is 0.933. The summed E-state index contributed by atoms with van der Waals surface area (Å²) in [5, 5.41) is 0. The van der Waals surface area contributed by atoms with E-state index in [0.717, 1.165) is 0 Å². The quantitative estimate of drug-likeness (QED) is 0.0492.